The molecule has 2 amide bonds. The molecule has 2 fully saturated rings. The number of carbonyl (C=O) groups excluding carboxylic acids is 1. The summed E-state index contributed by atoms with van der Waals surface area (Å²) in [5, 5.41) is 6.79. The second-order valence-electron chi connectivity index (χ2n) is 6.75. The molecule has 21 heavy (non-hydrogen) atoms. The van der Waals surface area contributed by atoms with Gasteiger partial charge in [-0.05, 0) is 26.7 Å². The van der Waals surface area contributed by atoms with Gasteiger partial charge in [-0.1, -0.05) is 12.8 Å². The fourth-order valence-electron chi connectivity index (χ4n) is 3.52. The highest BCUT2D eigenvalue weighted by molar-refractivity contribution is 5.87. The summed E-state index contributed by atoms with van der Waals surface area (Å²) >= 11 is 0. The number of aryl methyl sites for hydroxylation is 1. The minimum Gasteiger partial charge on any atom is -0.365 e. The number of rotatable bonds is 1. The number of amides is 2. The highest BCUT2D eigenvalue weighted by Crippen LogP contribution is 2.40. The maximum Gasteiger partial charge on any atom is 0.324 e. The van der Waals surface area contributed by atoms with Crippen LogP contribution in [0.2, 0.25) is 0 Å². The number of nitrogens with one attached hydrogen (secondary N) is 1. The number of hydrogen-bond donors (Lipinski definition) is 1. The average Bonchev–Trinajstić information content (AvgIpc) is 2.98. The number of nitrogens with zero attached hydrogens (tertiary/aromatic N) is 4. The lowest BCUT2D eigenvalue weighted by Gasteiger charge is -2.48. The van der Waals surface area contributed by atoms with Gasteiger partial charge < -0.3 is 9.64 Å². The third-order valence-corrected chi connectivity index (χ3v) is 4.28. The highest BCUT2D eigenvalue weighted by Gasteiger charge is 2.47. The predicted octanol–water partition coefficient (Wildman–Crippen LogP) is 1.77. The van der Waals surface area contributed by atoms with Crippen molar-refractivity contribution in [2.75, 3.05) is 18.4 Å². The van der Waals surface area contributed by atoms with Crippen LogP contribution in [-0.4, -0.2) is 50.0 Å². The molecule has 1 aromatic rings. The second-order valence-corrected chi connectivity index (χ2v) is 6.75. The summed E-state index contributed by atoms with van der Waals surface area (Å²) in [7, 11) is 1.75. The van der Waals surface area contributed by atoms with Crippen LogP contribution in [0.3, 0.4) is 0 Å². The molecule has 2 heterocycles. The Kier molecular flexibility index (Phi) is 3.39. The maximum atomic E-state index is 12.5. The van der Waals surface area contributed by atoms with E-state index in [-0.39, 0.29) is 17.2 Å². The molecule has 1 aromatic heterocycles. The third-order valence-electron chi connectivity index (χ3n) is 4.28. The van der Waals surface area contributed by atoms with Crippen LogP contribution in [0.4, 0.5) is 10.7 Å². The molecule has 1 N–H and O–H groups in total. The Morgan fingerprint density at radius 1 is 1.33 bits per heavy atom. The molecule has 0 unspecified atom stereocenters. The summed E-state index contributed by atoms with van der Waals surface area (Å²) in [6.45, 7) is 5.34. The van der Waals surface area contributed by atoms with Gasteiger partial charge in [0.05, 0.1) is 24.3 Å². The second kappa shape index (κ2) is 4.98. The van der Waals surface area contributed by atoms with Gasteiger partial charge in [0.1, 0.15) is 6.33 Å². The maximum absolute atomic E-state index is 12.5. The van der Waals surface area contributed by atoms with Crippen molar-refractivity contribution in [2.45, 2.75) is 50.7 Å². The Bertz CT molecular complexity index is 533. The van der Waals surface area contributed by atoms with E-state index in [1.807, 2.05) is 4.90 Å². The first-order valence-corrected chi connectivity index (χ1v) is 7.49. The molecule has 1 aliphatic carbocycles. The molecule has 0 radical (unpaired) electrons. The number of carbonyl (C=O) groups is 1. The van der Waals surface area contributed by atoms with Crippen molar-refractivity contribution in [3.8, 4) is 0 Å². The topological polar surface area (TPSA) is 72.3 Å². The largest absolute Gasteiger partial charge is 0.365 e. The number of ether oxygens (including phenoxy) is 1. The molecule has 0 atom stereocenters. The Labute approximate surface area is 124 Å². The lowest BCUT2D eigenvalue weighted by atomic mass is 9.94. The number of hydrogen-bond acceptors (Lipinski definition) is 4. The van der Waals surface area contributed by atoms with Crippen molar-refractivity contribution in [3.05, 3.63) is 6.33 Å². The van der Waals surface area contributed by atoms with Crippen molar-refractivity contribution in [3.63, 3.8) is 0 Å². The molecule has 0 bridgehead atoms. The summed E-state index contributed by atoms with van der Waals surface area (Å²) < 4.78 is 7.86. The van der Waals surface area contributed by atoms with Gasteiger partial charge in [0.25, 0.3) is 0 Å². The average molecular weight is 293 g/mol. The molecule has 2 aliphatic rings. The standard InChI is InChI=1S/C14H23N5O2/c1-13(2)8-19(9-14(21-13)6-4-5-7-14)12(20)17-11-15-10-16-18(11)3/h10H,4-9H2,1-3H3,(H,15,16,17,20). The van der Waals surface area contributed by atoms with Crippen LogP contribution in [0.15, 0.2) is 6.33 Å². The van der Waals surface area contributed by atoms with Gasteiger partial charge in [0.2, 0.25) is 5.95 Å². The van der Waals surface area contributed by atoms with Crippen molar-refractivity contribution in [1.82, 2.24) is 19.7 Å². The first kappa shape index (κ1) is 14.3. The van der Waals surface area contributed by atoms with Crippen molar-refractivity contribution >= 4 is 12.0 Å². The van der Waals surface area contributed by atoms with E-state index in [2.05, 4.69) is 29.2 Å². The Morgan fingerprint density at radius 2 is 2.05 bits per heavy atom. The van der Waals surface area contributed by atoms with E-state index in [0.717, 1.165) is 12.8 Å². The van der Waals surface area contributed by atoms with Crippen LogP contribution in [0, 0.1) is 0 Å². The van der Waals surface area contributed by atoms with Crippen LogP contribution < -0.4 is 5.32 Å². The summed E-state index contributed by atoms with van der Waals surface area (Å²) in [4.78, 5) is 18.4. The van der Waals surface area contributed by atoms with Gasteiger partial charge in [-0.15, -0.1) is 0 Å². The quantitative estimate of drug-likeness (QED) is 0.856. The van der Waals surface area contributed by atoms with Crippen molar-refractivity contribution in [1.29, 1.82) is 0 Å². The zero-order chi connectivity index (χ0) is 15.1. The van der Waals surface area contributed by atoms with Crippen molar-refractivity contribution in [2.24, 2.45) is 7.05 Å². The number of aromatic nitrogens is 3. The van der Waals surface area contributed by atoms with E-state index in [1.165, 1.54) is 19.2 Å². The van der Waals surface area contributed by atoms with Gasteiger partial charge >= 0.3 is 6.03 Å². The summed E-state index contributed by atoms with van der Waals surface area (Å²) in [5.74, 6) is 0.463. The number of urea groups is 1. The minimum absolute atomic E-state index is 0.131. The Morgan fingerprint density at radius 3 is 2.67 bits per heavy atom. The summed E-state index contributed by atoms with van der Waals surface area (Å²) in [5.41, 5.74) is -0.487. The van der Waals surface area contributed by atoms with Crippen LogP contribution >= 0.6 is 0 Å². The van der Waals surface area contributed by atoms with Gasteiger partial charge in [-0.2, -0.15) is 10.1 Å². The van der Waals surface area contributed by atoms with E-state index in [9.17, 15) is 4.79 Å². The van der Waals surface area contributed by atoms with E-state index in [1.54, 1.807) is 11.7 Å². The third kappa shape index (κ3) is 2.88. The zero-order valence-electron chi connectivity index (χ0n) is 12.9. The SMILES string of the molecule is Cn1ncnc1NC(=O)N1CC(C)(C)OC2(CCCC2)C1. The molecule has 1 saturated heterocycles. The van der Waals surface area contributed by atoms with Crippen LogP contribution in [0.25, 0.3) is 0 Å². The molecule has 7 heteroatoms. The number of anilines is 1. The van der Waals surface area contributed by atoms with Crippen molar-refractivity contribution < 1.29 is 9.53 Å². The van der Waals surface area contributed by atoms with Crippen LogP contribution in [-0.2, 0) is 11.8 Å². The fourth-order valence-corrected chi connectivity index (χ4v) is 3.52. The first-order valence-electron chi connectivity index (χ1n) is 7.49. The lowest BCUT2D eigenvalue weighted by molar-refractivity contribution is -0.183. The Hall–Kier alpha value is -1.63. The molecule has 1 aliphatic heterocycles. The molecule has 0 aromatic carbocycles. The molecule has 3 rings (SSSR count). The van der Waals surface area contributed by atoms with Crippen LogP contribution in [0.1, 0.15) is 39.5 Å². The smallest absolute Gasteiger partial charge is 0.324 e. The van der Waals surface area contributed by atoms with E-state index in [0.29, 0.717) is 19.0 Å². The summed E-state index contributed by atoms with van der Waals surface area (Å²) in [6, 6.07) is -0.131. The molecule has 1 saturated carbocycles. The van der Waals surface area contributed by atoms with Crippen LogP contribution in [0.5, 0.6) is 0 Å². The Balaban J connectivity index is 1.74. The fraction of sp³-hybridized carbons (Fsp3) is 0.786. The molecule has 1 spiro atoms. The molecule has 7 nitrogen and oxygen atoms in total. The van der Waals surface area contributed by atoms with Gasteiger partial charge in [-0.25, -0.2) is 9.48 Å². The molecule has 116 valence electrons. The zero-order valence-corrected chi connectivity index (χ0v) is 12.9. The normalized spacial score (nSPS) is 23.5. The van der Waals surface area contributed by atoms with Gasteiger partial charge in [-0.3, -0.25) is 5.32 Å². The van der Waals surface area contributed by atoms with Gasteiger partial charge in [0.15, 0.2) is 0 Å². The highest BCUT2D eigenvalue weighted by atomic mass is 16.5. The predicted molar refractivity (Wildman–Crippen MR) is 78.0 cm³/mol. The van der Waals surface area contributed by atoms with E-state index < -0.39 is 0 Å². The van der Waals surface area contributed by atoms with E-state index >= 15 is 0 Å². The van der Waals surface area contributed by atoms with E-state index in [4.69, 9.17) is 4.74 Å². The number of morpholine rings is 1. The monoisotopic (exact) mass is 293 g/mol. The first-order chi connectivity index (χ1) is 9.89. The molecular weight excluding hydrogens is 270 g/mol. The minimum atomic E-state index is -0.320. The molecular formula is C14H23N5O2. The lowest BCUT2D eigenvalue weighted by Crippen LogP contribution is -2.60. The summed E-state index contributed by atoms with van der Waals surface area (Å²) in [6.07, 6.45) is 5.84. The van der Waals surface area contributed by atoms with Gasteiger partial charge in [0, 0.05) is 7.05 Å².